The first kappa shape index (κ1) is 10.9. The predicted molar refractivity (Wildman–Crippen MR) is 65.4 cm³/mol. The zero-order chi connectivity index (χ0) is 11.7. The van der Waals surface area contributed by atoms with Gasteiger partial charge in [0, 0.05) is 37.8 Å². The van der Waals surface area contributed by atoms with Gasteiger partial charge in [-0.15, -0.1) is 0 Å². The van der Waals surface area contributed by atoms with E-state index in [-0.39, 0.29) is 0 Å². The van der Waals surface area contributed by atoms with Crippen LogP contribution >= 0.6 is 0 Å². The van der Waals surface area contributed by atoms with Crippen LogP contribution in [0.2, 0.25) is 0 Å². The molecular formula is C13H18N2O2. The zero-order valence-corrected chi connectivity index (χ0v) is 10.1. The molecule has 2 heterocycles. The molecule has 2 aliphatic heterocycles. The molecule has 3 rings (SSSR count). The number of hydrogen-bond acceptors (Lipinski definition) is 4. The van der Waals surface area contributed by atoms with Crippen molar-refractivity contribution in [2.75, 3.05) is 33.0 Å². The summed E-state index contributed by atoms with van der Waals surface area (Å²) in [5.74, 6) is 1.81. The Bertz CT molecular complexity index is 402. The van der Waals surface area contributed by atoms with Gasteiger partial charge in [0.2, 0.25) is 6.79 Å². The second kappa shape index (κ2) is 4.55. The minimum absolute atomic E-state index is 0.348. The van der Waals surface area contributed by atoms with Crippen LogP contribution in [-0.2, 0) is 0 Å². The van der Waals surface area contributed by atoms with Gasteiger partial charge in [0.05, 0.1) is 0 Å². The van der Waals surface area contributed by atoms with Gasteiger partial charge in [-0.1, -0.05) is 12.1 Å². The molecular weight excluding hydrogens is 216 g/mol. The topological polar surface area (TPSA) is 33.7 Å². The summed E-state index contributed by atoms with van der Waals surface area (Å²) in [6, 6.07) is 6.53. The van der Waals surface area contributed by atoms with E-state index in [0.29, 0.717) is 12.8 Å². The molecule has 2 aliphatic rings. The molecule has 0 spiro atoms. The summed E-state index contributed by atoms with van der Waals surface area (Å²) in [6.07, 6.45) is 0. The minimum atomic E-state index is 0.348. The molecule has 1 atom stereocenters. The number of rotatable bonds is 2. The Morgan fingerprint density at radius 2 is 2.06 bits per heavy atom. The number of fused-ring (bicyclic) bond motifs is 1. The van der Waals surface area contributed by atoms with Crippen molar-refractivity contribution in [3.05, 3.63) is 23.8 Å². The SMILES string of the molecule is C[C@H](c1cccc2c1OCO2)N1CCNCC1. The molecule has 0 saturated carbocycles. The molecule has 0 aromatic heterocycles. The molecule has 0 unspecified atom stereocenters. The highest BCUT2D eigenvalue weighted by atomic mass is 16.7. The van der Waals surface area contributed by atoms with Crippen LogP contribution in [0, 0.1) is 0 Å². The van der Waals surface area contributed by atoms with E-state index < -0.39 is 0 Å². The average Bonchev–Trinajstić information content (AvgIpc) is 2.87. The summed E-state index contributed by atoms with van der Waals surface area (Å²) in [7, 11) is 0. The molecule has 17 heavy (non-hydrogen) atoms. The molecule has 0 bridgehead atoms. The summed E-state index contributed by atoms with van der Waals surface area (Å²) >= 11 is 0. The minimum Gasteiger partial charge on any atom is -0.454 e. The van der Waals surface area contributed by atoms with E-state index in [9.17, 15) is 0 Å². The van der Waals surface area contributed by atoms with E-state index in [1.54, 1.807) is 0 Å². The number of nitrogens with one attached hydrogen (secondary N) is 1. The summed E-state index contributed by atoms with van der Waals surface area (Å²) < 4.78 is 11.0. The van der Waals surface area contributed by atoms with Gasteiger partial charge in [-0.2, -0.15) is 0 Å². The van der Waals surface area contributed by atoms with Gasteiger partial charge in [0.25, 0.3) is 0 Å². The molecule has 0 radical (unpaired) electrons. The molecule has 0 amide bonds. The molecule has 1 aromatic carbocycles. The second-order valence-electron chi connectivity index (χ2n) is 4.54. The number of ether oxygens (including phenoxy) is 2. The van der Waals surface area contributed by atoms with Crippen LogP contribution in [0.25, 0.3) is 0 Å². The third-order valence-electron chi connectivity index (χ3n) is 3.58. The normalized spacial score (nSPS) is 21.5. The molecule has 92 valence electrons. The van der Waals surface area contributed by atoms with Crippen LogP contribution in [0.15, 0.2) is 18.2 Å². The maximum atomic E-state index is 5.58. The lowest BCUT2D eigenvalue weighted by Gasteiger charge is -2.33. The quantitative estimate of drug-likeness (QED) is 0.838. The maximum Gasteiger partial charge on any atom is 0.231 e. The lowest BCUT2D eigenvalue weighted by atomic mass is 10.0. The number of hydrogen-bond donors (Lipinski definition) is 1. The number of nitrogens with zero attached hydrogens (tertiary/aromatic N) is 1. The fourth-order valence-electron chi connectivity index (χ4n) is 2.55. The third kappa shape index (κ3) is 1.98. The highest BCUT2D eigenvalue weighted by Crippen LogP contribution is 2.39. The van der Waals surface area contributed by atoms with E-state index in [4.69, 9.17) is 9.47 Å². The Labute approximate surface area is 102 Å². The third-order valence-corrected chi connectivity index (χ3v) is 3.58. The number of para-hydroxylation sites is 1. The van der Waals surface area contributed by atoms with Crippen LogP contribution in [-0.4, -0.2) is 37.9 Å². The van der Waals surface area contributed by atoms with Gasteiger partial charge in [-0.3, -0.25) is 4.90 Å². The van der Waals surface area contributed by atoms with Crippen LogP contribution < -0.4 is 14.8 Å². The molecule has 4 nitrogen and oxygen atoms in total. The van der Waals surface area contributed by atoms with E-state index in [2.05, 4.69) is 23.2 Å². The van der Waals surface area contributed by atoms with E-state index >= 15 is 0 Å². The maximum absolute atomic E-state index is 5.58. The molecule has 0 aliphatic carbocycles. The summed E-state index contributed by atoms with van der Waals surface area (Å²) in [6.45, 7) is 6.90. The van der Waals surface area contributed by atoms with Gasteiger partial charge < -0.3 is 14.8 Å². The molecule has 4 heteroatoms. The Hall–Kier alpha value is -1.26. The van der Waals surface area contributed by atoms with Crippen molar-refractivity contribution in [2.24, 2.45) is 0 Å². The Morgan fingerprint density at radius 3 is 2.88 bits per heavy atom. The summed E-state index contributed by atoms with van der Waals surface area (Å²) in [5.41, 5.74) is 1.24. The standard InChI is InChI=1S/C13H18N2O2/c1-10(15-7-5-14-6-8-15)11-3-2-4-12-13(11)17-9-16-12/h2-4,10,14H,5-9H2,1H3/t10-/m1/s1. The number of piperazine rings is 1. The average molecular weight is 234 g/mol. The Kier molecular flexibility index (Phi) is 2.91. The van der Waals surface area contributed by atoms with E-state index in [0.717, 1.165) is 37.7 Å². The first-order valence-electron chi connectivity index (χ1n) is 6.19. The van der Waals surface area contributed by atoms with E-state index in [1.165, 1.54) is 5.56 Å². The second-order valence-corrected chi connectivity index (χ2v) is 4.54. The molecule has 1 fully saturated rings. The monoisotopic (exact) mass is 234 g/mol. The largest absolute Gasteiger partial charge is 0.454 e. The fourth-order valence-corrected chi connectivity index (χ4v) is 2.55. The van der Waals surface area contributed by atoms with Gasteiger partial charge in [0.15, 0.2) is 11.5 Å². The predicted octanol–water partition coefficient (Wildman–Crippen LogP) is 1.38. The van der Waals surface area contributed by atoms with Crippen molar-refractivity contribution in [3.8, 4) is 11.5 Å². The summed E-state index contributed by atoms with van der Waals surface area (Å²) in [5, 5.41) is 3.38. The van der Waals surface area contributed by atoms with Gasteiger partial charge in [-0.05, 0) is 13.0 Å². The van der Waals surface area contributed by atoms with Crippen molar-refractivity contribution < 1.29 is 9.47 Å². The number of benzene rings is 1. The van der Waals surface area contributed by atoms with Gasteiger partial charge >= 0.3 is 0 Å². The molecule has 1 saturated heterocycles. The Balaban J connectivity index is 1.85. The van der Waals surface area contributed by atoms with Crippen LogP contribution in [0.1, 0.15) is 18.5 Å². The van der Waals surface area contributed by atoms with Crippen molar-refractivity contribution >= 4 is 0 Å². The highest BCUT2D eigenvalue weighted by molar-refractivity contribution is 5.49. The van der Waals surface area contributed by atoms with E-state index in [1.807, 2.05) is 12.1 Å². The molecule has 1 aromatic rings. The van der Waals surface area contributed by atoms with Gasteiger partial charge in [-0.25, -0.2) is 0 Å². The first-order chi connectivity index (χ1) is 8.36. The Morgan fingerprint density at radius 1 is 1.24 bits per heavy atom. The zero-order valence-electron chi connectivity index (χ0n) is 10.1. The van der Waals surface area contributed by atoms with Crippen molar-refractivity contribution in [1.82, 2.24) is 10.2 Å². The van der Waals surface area contributed by atoms with Crippen LogP contribution in [0.4, 0.5) is 0 Å². The fraction of sp³-hybridized carbons (Fsp3) is 0.538. The smallest absolute Gasteiger partial charge is 0.231 e. The van der Waals surface area contributed by atoms with Crippen molar-refractivity contribution in [1.29, 1.82) is 0 Å². The van der Waals surface area contributed by atoms with Crippen molar-refractivity contribution in [2.45, 2.75) is 13.0 Å². The first-order valence-corrected chi connectivity index (χ1v) is 6.19. The van der Waals surface area contributed by atoms with Crippen molar-refractivity contribution in [3.63, 3.8) is 0 Å². The van der Waals surface area contributed by atoms with Gasteiger partial charge in [0.1, 0.15) is 0 Å². The van der Waals surface area contributed by atoms with Crippen LogP contribution in [0.5, 0.6) is 11.5 Å². The molecule has 1 N–H and O–H groups in total. The summed E-state index contributed by atoms with van der Waals surface area (Å²) in [4.78, 5) is 2.48. The lowest BCUT2D eigenvalue weighted by molar-refractivity contribution is 0.163. The highest BCUT2D eigenvalue weighted by Gasteiger charge is 2.25. The lowest BCUT2D eigenvalue weighted by Crippen LogP contribution is -2.44. The van der Waals surface area contributed by atoms with Crippen LogP contribution in [0.3, 0.4) is 0 Å².